The normalized spacial score (nSPS) is 10.5. The lowest BCUT2D eigenvalue weighted by molar-refractivity contribution is 0.249. The molecule has 7 heteroatoms. The number of nitrogens with one attached hydrogen (secondary N) is 1. The Kier molecular flexibility index (Phi) is 5.99. The zero-order chi connectivity index (χ0) is 16.7. The zero-order valence-electron chi connectivity index (χ0n) is 12.5. The molecule has 2 aromatic rings. The molecule has 0 unspecified atom stereocenters. The number of carbonyl (C=O) groups is 1. The molecule has 0 aliphatic rings. The van der Waals surface area contributed by atoms with Gasteiger partial charge in [-0.3, -0.25) is 0 Å². The van der Waals surface area contributed by atoms with Gasteiger partial charge in [-0.25, -0.2) is 10.2 Å². The fourth-order valence-corrected chi connectivity index (χ4v) is 2.43. The van der Waals surface area contributed by atoms with Crippen molar-refractivity contribution in [3.8, 4) is 11.5 Å². The summed E-state index contributed by atoms with van der Waals surface area (Å²) < 4.78 is 11.9. The third-order valence-electron chi connectivity index (χ3n) is 2.87. The molecule has 2 aromatic carbocycles. The van der Waals surface area contributed by atoms with E-state index in [9.17, 15) is 4.79 Å². The van der Waals surface area contributed by atoms with Gasteiger partial charge in [-0.05, 0) is 39.2 Å². The molecule has 23 heavy (non-hydrogen) atoms. The average molecular weight is 378 g/mol. The van der Waals surface area contributed by atoms with Gasteiger partial charge in [0.15, 0.2) is 11.5 Å². The van der Waals surface area contributed by atoms with Crippen LogP contribution in [-0.4, -0.2) is 19.4 Å². The fraction of sp³-hybridized carbons (Fsp3) is 0.125. The van der Waals surface area contributed by atoms with Gasteiger partial charge in [0.1, 0.15) is 6.61 Å². The zero-order valence-corrected chi connectivity index (χ0v) is 14.0. The Hall–Kier alpha value is -2.54. The first-order chi connectivity index (χ1) is 11.1. The van der Waals surface area contributed by atoms with Crippen LogP contribution in [0.3, 0.4) is 0 Å². The summed E-state index contributed by atoms with van der Waals surface area (Å²) in [6.07, 6.45) is 1.46. The standard InChI is InChI=1S/C16H16BrN3O3/c1-22-14-8-12(9-19-20-16(18)21)7-13(17)15(14)23-10-11-5-3-2-4-6-11/h2-9H,10H2,1H3,(H3,18,20,21). The van der Waals surface area contributed by atoms with Crippen LogP contribution in [0.25, 0.3) is 0 Å². The quantitative estimate of drug-likeness (QED) is 0.599. The number of methoxy groups -OCH3 is 1. The Morgan fingerprint density at radius 1 is 1.35 bits per heavy atom. The maximum Gasteiger partial charge on any atom is 0.332 e. The summed E-state index contributed by atoms with van der Waals surface area (Å²) >= 11 is 3.45. The van der Waals surface area contributed by atoms with Crippen molar-refractivity contribution in [1.29, 1.82) is 0 Å². The minimum atomic E-state index is -0.727. The van der Waals surface area contributed by atoms with Crippen LogP contribution in [0.4, 0.5) is 4.79 Å². The molecular weight excluding hydrogens is 362 g/mol. The Bertz CT molecular complexity index is 705. The lowest BCUT2D eigenvalue weighted by Gasteiger charge is -2.13. The Morgan fingerprint density at radius 3 is 2.74 bits per heavy atom. The van der Waals surface area contributed by atoms with Crippen molar-refractivity contribution in [2.45, 2.75) is 6.61 Å². The van der Waals surface area contributed by atoms with E-state index >= 15 is 0 Å². The number of ether oxygens (including phenoxy) is 2. The second kappa shape index (κ2) is 8.19. The van der Waals surface area contributed by atoms with Crippen LogP contribution in [0.5, 0.6) is 11.5 Å². The van der Waals surface area contributed by atoms with Gasteiger partial charge in [-0.1, -0.05) is 30.3 Å². The first-order valence-electron chi connectivity index (χ1n) is 6.73. The van der Waals surface area contributed by atoms with Crippen molar-refractivity contribution in [3.63, 3.8) is 0 Å². The molecule has 0 bridgehead atoms. The second-order valence-electron chi connectivity index (χ2n) is 4.54. The molecule has 120 valence electrons. The largest absolute Gasteiger partial charge is 0.493 e. The van der Waals surface area contributed by atoms with Gasteiger partial charge >= 0.3 is 6.03 Å². The molecule has 6 nitrogen and oxygen atoms in total. The summed E-state index contributed by atoms with van der Waals surface area (Å²) in [7, 11) is 1.56. The molecule has 3 N–H and O–H groups in total. The van der Waals surface area contributed by atoms with E-state index in [1.807, 2.05) is 30.3 Å². The molecule has 2 amide bonds. The van der Waals surface area contributed by atoms with Crippen molar-refractivity contribution in [3.05, 3.63) is 58.1 Å². The topological polar surface area (TPSA) is 85.9 Å². The first-order valence-corrected chi connectivity index (χ1v) is 7.52. The monoisotopic (exact) mass is 377 g/mol. The van der Waals surface area contributed by atoms with Crippen LogP contribution >= 0.6 is 15.9 Å². The van der Waals surface area contributed by atoms with E-state index in [4.69, 9.17) is 15.2 Å². The number of rotatable bonds is 6. The highest BCUT2D eigenvalue weighted by Gasteiger charge is 2.11. The molecule has 0 aliphatic carbocycles. The SMILES string of the molecule is COc1cc(C=NNC(N)=O)cc(Br)c1OCc1ccccc1. The summed E-state index contributed by atoms with van der Waals surface area (Å²) in [6, 6.07) is 12.6. The van der Waals surface area contributed by atoms with Gasteiger partial charge in [0.2, 0.25) is 0 Å². The smallest absolute Gasteiger partial charge is 0.332 e. The number of hydrogen-bond donors (Lipinski definition) is 2. The number of hydrogen-bond acceptors (Lipinski definition) is 4. The van der Waals surface area contributed by atoms with Crippen LogP contribution in [-0.2, 0) is 6.61 Å². The number of carbonyl (C=O) groups excluding carboxylic acids is 1. The maximum atomic E-state index is 10.6. The third-order valence-corrected chi connectivity index (χ3v) is 3.46. The molecule has 0 atom stereocenters. The third kappa shape index (κ3) is 5.00. The Balaban J connectivity index is 2.16. The lowest BCUT2D eigenvalue weighted by Crippen LogP contribution is -2.24. The average Bonchev–Trinajstić information content (AvgIpc) is 2.54. The maximum absolute atomic E-state index is 10.6. The van der Waals surface area contributed by atoms with Crippen molar-refractivity contribution in [2.24, 2.45) is 10.8 Å². The van der Waals surface area contributed by atoms with Crippen LogP contribution in [0.2, 0.25) is 0 Å². The van der Waals surface area contributed by atoms with E-state index in [-0.39, 0.29) is 0 Å². The Morgan fingerprint density at radius 2 is 2.09 bits per heavy atom. The number of amides is 2. The second-order valence-corrected chi connectivity index (χ2v) is 5.40. The molecular formula is C16H16BrN3O3. The summed E-state index contributed by atoms with van der Waals surface area (Å²) in [5, 5.41) is 3.71. The van der Waals surface area contributed by atoms with E-state index in [2.05, 4.69) is 26.5 Å². The van der Waals surface area contributed by atoms with Gasteiger partial charge in [0.25, 0.3) is 0 Å². The number of nitrogens with zero attached hydrogens (tertiary/aromatic N) is 1. The van der Waals surface area contributed by atoms with Gasteiger partial charge < -0.3 is 15.2 Å². The van der Waals surface area contributed by atoms with Gasteiger partial charge in [0.05, 0.1) is 17.8 Å². The molecule has 0 saturated carbocycles. The first kappa shape index (κ1) is 16.8. The molecule has 0 radical (unpaired) electrons. The summed E-state index contributed by atoms with van der Waals surface area (Å²) in [6.45, 7) is 0.423. The summed E-state index contributed by atoms with van der Waals surface area (Å²) in [4.78, 5) is 10.6. The highest BCUT2D eigenvalue weighted by Crippen LogP contribution is 2.36. The molecule has 0 aliphatic heterocycles. The Labute approximate surface area is 142 Å². The van der Waals surface area contributed by atoms with Crippen LogP contribution < -0.4 is 20.6 Å². The van der Waals surface area contributed by atoms with Crippen molar-refractivity contribution >= 4 is 28.2 Å². The van der Waals surface area contributed by atoms with Gasteiger partial charge in [-0.15, -0.1) is 0 Å². The predicted molar refractivity (Wildman–Crippen MR) is 91.8 cm³/mol. The van der Waals surface area contributed by atoms with E-state index in [1.165, 1.54) is 6.21 Å². The highest BCUT2D eigenvalue weighted by molar-refractivity contribution is 9.10. The lowest BCUT2D eigenvalue weighted by atomic mass is 10.2. The molecule has 0 aromatic heterocycles. The number of primary amides is 1. The highest BCUT2D eigenvalue weighted by atomic mass is 79.9. The summed E-state index contributed by atoms with van der Waals surface area (Å²) in [5.74, 6) is 1.15. The van der Waals surface area contributed by atoms with Crippen molar-refractivity contribution < 1.29 is 14.3 Å². The van der Waals surface area contributed by atoms with E-state index in [0.717, 1.165) is 11.1 Å². The van der Waals surface area contributed by atoms with Crippen LogP contribution in [0, 0.1) is 0 Å². The minimum Gasteiger partial charge on any atom is -0.493 e. The predicted octanol–water partition coefficient (Wildman–Crippen LogP) is 3.04. The van der Waals surface area contributed by atoms with E-state index in [1.54, 1.807) is 19.2 Å². The van der Waals surface area contributed by atoms with E-state index < -0.39 is 6.03 Å². The molecule has 0 saturated heterocycles. The number of benzene rings is 2. The number of nitrogens with two attached hydrogens (primary N) is 1. The molecule has 0 spiro atoms. The number of halogens is 1. The fourth-order valence-electron chi connectivity index (χ4n) is 1.85. The van der Waals surface area contributed by atoms with Crippen molar-refractivity contribution in [2.75, 3.05) is 7.11 Å². The molecule has 0 fully saturated rings. The van der Waals surface area contributed by atoms with Crippen molar-refractivity contribution in [1.82, 2.24) is 5.43 Å². The van der Waals surface area contributed by atoms with Gasteiger partial charge in [-0.2, -0.15) is 5.10 Å². The number of hydrazone groups is 1. The van der Waals surface area contributed by atoms with Crippen LogP contribution in [0.1, 0.15) is 11.1 Å². The number of urea groups is 1. The minimum absolute atomic E-state index is 0.423. The molecule has 0 heterocycles. The van der Waals surface area contributed by atoms with Gasteiger partial charge in [0, 0.05) is 0 Å². The van der Waals surface area contributed by atoms with E-state index in [0.29, 0.717) is 22.6 Å². The van der Waals surface area contributed by atoms with Crippen LogP contribution in [0.15, 0.2) is 52.0 Å². The molecule has 2 rings (SSSR count). The summed E-state index contributed by atoms with van der Waals surface area (Å²) in [5.41, 5.74) is 8.85.